The Labute approximate surface area is 167 Å². The van der Waals surface area contributed by atoms with E-state index in [0.29, 0.717) is 17.7 Å². The summed E-state index contributed by atoms with van der Waals surface area (Å²) in [5.74, 6) is 0.651. The van der Waals surface area contributed by atoms with Crippen molar-refractivity contribution in [1.29, 1.82) is 0 Å². The molecule has 0 saturated heterocycles. The summed E-state index contributed by atoms with van der Waals surface area (Å²) in [6.07, 6.45) is 0.809. The van der Waals surface area contributed by atoms with Gasteiger partial charge in [-0.3, -0.25) is 4.79 Å². The molecule has 28 heavy (non-hydrogen) atoms. The molecule has 140 valence electrons. The van der Waals surface area contributed by atoms with Crippen LogP contribution in [-0.2, 0) is 11.2 Å². The smallest absolute Gasteiger partial charge is 0.277 e. The van der Waals surface area contributed by atoms with Crippen LogP contribution in [0.3, 0.4) is 0 Å². The fourth-order valence-corrected chi connectivity index (χ4v) is 3.47. The third-order valence-electron chi connectivity index (χ3n) is 4.31. The number of amides is 1. The van der Waals surface area contributed by atoms with Gasteiger partial charge in [-0.1, -0.05) is 72.4 Å². The Kier molecular flexibility index (Phi) is 5.68. The van der Waals surface area contributed by atoms with Gasteiger partial charge in [0, 0.05) is 12.1 Å². The lowest BCUT2D eigenvalue weighted by Crippen LogP contribution is -2.27. The zero-order valence-electron chi connectivity index (χ0n) is 15.2. The van der Waals surface area contributed by atoms with Gasteiger partial charge >= 0.3 is 0 Å². The van der Waals surface area contributed by atoms with Crippen molar-refractivity contribution in [2.45, 2.75) is 11.6 Å². The third-order valence-corrected chi connectivity index (χ3v) is 5.13. The molecule has 1 amide bonds. The molecule has 4 rings (SSSR count). The number of fused-ring (bicyclic) bond motifs is 1. The molecule has 0 fully saturated rings. The van der Waals surface area contributed by atoms with E-state index in [0.717, 1.165) is 22.8 Å². The summed E-state index contributed by atoms with van der Waals surface area (Å²) < 4.78 is 5.70. The molecule has 1 N–H and O–H groups in total. The highest BCUT2D eigenvalue weighted by atomic mass is 32.2. The van der Waals surface area contributed by atoms with Crippen molar-refractivity contribution in [3.63, 3.8) is 0 Å². The van der Waals surface area contributed by atoms with E-state index in [-0.39, 0.29) is 11.7 Å². The summed E-state index contributed by atoms with van der Waals surface area (Å²) in [5, 5.41) is 13.7. The van der Waals surface area contributed by atoms with Gasteiger partial charge < -0.3 is 9.73 Å². The molecule has 0 atom stereocenters. The van der Waals surface area contributed by atoms with Crippen molar-refractivity contribution in [1.82, 2.24) is 15.5 Å². The first kappa shape index (κ1) is 18.3. The second-order valence-electron chi connectivity index (χ2n) is 6.31. The molecule has 0 bridgehead atoms. The van der Waals surface area contributed by atoms with E-state index >= 15 is 0 Å². The van der Waals surface area contributed by atoms with Crippen molar-refractivity contribution in [3.05, 3.63) is 78.4 Å². The maximum Gasteiger partial charge on any atom is 0.277 e. The number of nitrogens with one attached hydrogen (secondary N) is 1. The number of carbonyl (C=O) groups excluding carboxylic acids is 1. The monoisotopic (exact) mass is 389 g/mol. The topological polar surface area (TPSA) is 68.0 Å². The maximum atomic E-state index is 12.0. The highest BCUT2D eigenvalue weighted by Crippen LogP contribution is 2.26. The fraction of sp³-hybridized carbons (Fsp3) is 0.136. The van der Waals surface area contributed by atoms with Crippen LogP contribution < -0.4 is 5.32 Å². The summed E-state index contributed by atoms with van der Waals surface area (Å²) >= 11 is 1.24. The maximum absolute atomic E-state index is 12.0. The molecule has 0 unspecified atom stereocenters. The van der Waals surface area contributed by atoms with Crippen LogP contribution in [0.25, 0.3) is 22.2 Å². The van der Waals surface area contributed by atoms with Gasteiger partial charge in [0.25, 0.3) is 5.22 Å². The fourth-order valence-electron chi connectivity index (χ4n) is 2.88. The van der Waals surface area contributed by atoms with Crippen LogP contribution in [0.2, 0.25) is 0 Å². The molecule has 5 nitrogen and oxygen atoms in total. The number of rotatable bonds is 7. The van der Waals surface area contributed by atoms with E-state index < -0.39 is 0 Å². The molecule has 3 aromatic carbocycles. The molecule has 1 heterocycles. The lowest BCUT2D eigenvalue weighted by Gasteiger charge is -2.04. The van der Waals surface area contributed by atoms with Crippen molar-refractivity contribution in [3.8, 4) is 11.5 Å². The minimum absolute atomic E-state index is 0.0496. The third kappa shape index (κ3) is 4.58. The number of hydrogen-bond acceptors (Lipinski definition) is 5. The quantitative estimate of drug-likeness (QED) is 0.476. The van der Waals surface area contributed by atoms with Crippen molar-refractivity contribution in [2.75, 3.05) is 12.3 Å². The summed E-state index contributed by atoms with van der Waals surface area (Å²) in [4.78, 5) is 12.0. The van der Waals surface area contributed by atoms with Gasteiger partial charge in [-0.15, -0.1) is 10.2 Å². The molecule has 0 saturated carbocycles. The number of carbonyl (C=O) groups is 1. The molecule has 0 radical (unpaired) electrons. The first-order chi connectivity index (χ1) is 13.8. The standard InChI is InChI=1S/C22H19N3O2S/c26-20(23-13-12-16-6-2-1-3-7-16)15-28-22-25-24-21(27-22)19-11-10-17-8-4-5-9-18(17)14-19/h1-11,14H,12-13,15H2,(H,23,26). The number of hydrogen-bond donors (Lipinski definition) is 1. The molecule has 4 aromatic rings. The van der Waals surface area contributed by atoms with Crippen LogP contribution in [0.1, 0.15) is 5.56 Å². The lowest BCUT2D eigenvalue weighted by atomic mass is 10.1. The Balaban J connectivity index is 1.30. The predicted molar refractivity (Wildman–Crippen MR) is 111 cm³/mol. The van der Waals surface area contributed by atoms with Gasteiger partial charge in [-0.25, -0.2) is 0 Å². The minimum atomic E-state index is -0.0496. The zero-order valence-corrected chi connectivity index (χ0v) is 16.0. The highest BCUT2D eigenvalue weighted by molar-refractivity contribution is 7.99. The van der Waals surface area contributed by atoms with E-state index in [1.54, 1.807) is 0 Å². The number of benzene rings is 3. The SMILES string of the molecule is O=C(CSc1nnc(-c2ccc3ccccc3c2)o1)NCCc1ccccc1. The van der Waals surface area contributed by atoms with Crippen LogP contribution in [0, 0.1) is 0 Å². The largest absolute Gasteiger partial charge is 0.411 e. The van der Waals surface area contributed by atoms with E-state index in [4.69, 9.17) is 4.42 Å². The Hall–Kier alpha value is -3.12. The molecular formula is C22H19N3O2S. The van der Waals surface area contributed by atoms with Gasteiger partial charge in [0.15, 0.2) is 0 Å². The van der Waals surface area contributed by atoms with Crippen LogP contribution in [0.4, 0.5) is 0 Å². The Morgan fingerprint density at radius 1 is 0.929 bits per heavy atom. The van der Waals surface area contributed by atoms with E-state index in [2.05, 4.69) is 21.6 Å². The second kappa shape index (κ2) is 8.71. The molecule has 6 heteroatoms. The molecule has 0 spiro atoms. The predicted octanol–water partition coefficient (Wildman–Crippen LogP) is 4.34. The average molecular weight is 389 g/mol. The van der Waals surface area contributed by atoms with Gasteiger partial charge in [0.2, 0.25) is 11.8 Å². The van der Waals surface area contributed by atoms with Crippen LogP contribution in [0.5, 0.6) is 0 Å². The molecule has 1 aromatic heterocycles. The summed E-state index contributed by atoms with van der Waals surface area (Å²) in [6, 6.07) is 24.2. The first-order valence-corrected chi connectivity index (χ1v) is 10.0. The van der Waals surface area contributed by atoms with Gasteiger partial charge in [0.05, 0.1) is 5.75 Å². The number of nitrogens with zero attached hydrogens (tertiary/aromatic N) is 2. The van der Waals surface area contributed by atoms with Crippen LogP contribution >= 0.6 is 11.8 Å². The Morgan fingerprint density at radius 3 is 2.57 bits per heavy atom. The Bertz CT molecular complexity index is 1080. The van der Waals surface area contributed by atoms with Crippen LogP contribution in [-0.4, -0.2) is 28.4 Å². The molecule has 0 aliphatic rings. The molecule has 0 aliphatic carbocycles. The highest BCUT2D eigenvalue weighted by Gasteiger charge is 2.11. The zero-order chi connectivity index (χ0) is 19.2. The molecule has 0 aliphatic heterocycles. The van der Waals surface area contributed by atoms with Crippen LogP contribution in [0.15, 0.2) is 82.4 Å². The summed E-state index contributed by atoms with van der Waals surface area (Å²) in [6.45, 7) is 0.607. The summed E-state index contributed by atoms with van der Waals surface area (Å²) in [7, 11) is 0. The van der Waals surface area contributed by atoms with Crippen molar-refractivity contribution < 1.29 is 9.21 Å². The summed E-state index contributed by atoms with van der Waals surface area (Å²) in [5.41, 5.74) is 2.07. The second-order valence-corrected chi connectivity index (χ2v) is 7.24. The Morgan fingerprint density at radius 2 is 1.71 bits per heavy atom. The van der Waals surface area contributed by atoms with Gasteiger partial charge in [-0.05, 0) is 34.9 Å². The first-order valence-electron chi connectivity index (χ1n) is 9.04. The van der Waals surface area contributed by atoms with E-state index in [1.807, 2.05) is 66.7 Å². The minimum Gasteiger partial charge on any atom is -0.411 e. The average Bonchev–Trinajstić information content (AvgIpc) is 3.22. The number of aromatic nitrogens is 2. The van der Waals surface area contributed by atoms with E-state index in [1.165, 1.54) is 17.3 Å². The van der Waals surface area contributed by atoms with Gasteiger partial charge in [0.1, 0.15) is 0 Å². The lowest BCUT2D eigenvalue weighted by molar-refractivity contribution is -0.118. The van der Waals surface area contributed by atoms with Gasteiger partial charge in [-0.2, -0.15) is 0 Å². The number of thioether (sulfide) groups is 1. The molecular weight excluding hydrogens is 370 g/mol. The normalized spacial score (nSPS) is 10.9. The van der Waals surface area contributed by atoms with E-state index in [9.17, 15) is 4.79 Å². The van der Waals surface area contributed by atoms with Crippen molar-refractivity contribution >= 4 is 28.4 Å². The van der Waals surface area contributed by atoms with Crippen molar-refractivity contribution in [2.24, 2.45) is 0 Å².